The van der Waals surface area contributed by atoms with Gasteiger partial charge in [0.05, 0.1) is 6.07 Å². The Balaban J connectivity index is 1.96. The summed E-state index contributed by atoms with van der Waals surface area (Å²) < 4.78 is 39.0. The third-order valence-electron chi connectivity index (χ3n) is 6.29. The summed E-state index contributed by atoms with van der Waals surface area (Å²) >= 11 is 0. The van der Waals surface area contributed by atoms with Gasteiger partial charge in [0.2, 0.25) is 11.8 Å². The van der Waals surface area contributed by atoms with Gasteiger partial charge in [-0.3, -0.25) is 24.4 Å². The number of hydrogen-bond acceptors (Lipinski definition) is 6. The molecule has 3 amide bonds. The first-order chi connectivity index (χ1) is 17.7. The van der Waals surface area contributed by atoms with Crippen LogP contribution in [-0.4, -0.2) is 57.4 Å². The number of hydrogen-bond donors (Lipinski definition) is 2. The van der Waals surface area contributed by atoms with Gasteiger partial charge in [0.15, 0.2) is 0 Å². The molecule has 0 aromatic carbocycles. The third-order valence-corrected chi connectivity index (χ3v) is 6.29. The molecule has 0 saturated carbocycles. The number of aromatic nitrogens is 2. The van der Waals surface area contributed by atoms with E-state index in [-0.39, 0.29) is 6.54 Å². The molecule has 2 aromatic heterocycles. The Morgan fingerprint density at radius 1 is 1.18 bits per heavy atom. The van der Waals surface area contributed by atoms with Gasteiger partial charge in [0.1, 0.15) is 18.1 Å². The molecule has 2 aromatic rings. The van der Waals surface area contributed by atoms with Crippen molar-refractivity contribution in [2.45, 2.75) is 45.1 Å². The van der Waals surface area contributed by atoms with Crippen LogP contribution in [0.3, 0.4) is 0 Å². The number of nitrogens with one attached hydrogen (secondary N) is 2. The second-order valence-electron chi connectivity index (χ2n) is 10.00. The van der Waals surface area contributed by atoms with Gasteiger partial charge in [0.25, 0.3) is 0 Å². The van der Waals surface area contributed by atoms with E-state index >= 15 is 0 Å². The van der Waals surface area contributed by atoms with E-state index in [9.17, 15) is 32.8 Å². The number of nitrogens with zero attached hydrogens (tertiary/aromatic N) is 4. The molecule has 3 heterocycles. The van der Waals surface area contributed by atoms with Crippen molar-refractivity contribution in [1.82, 2.24) is 25.5 Å². The fraction of sp³-hybridized carbons (Fsp3) is 0.385. The van der Waals surface area contributed by atoms with Crippen molar-refractivity contribution in [2.75, 3.05) is 6.54 Å². The zero-order valence-corrected chi connectivity index (χ0v) is 21.0. The zero-order chi connectivity index (χ0) is 28.4. The minimum Gasteiger partial charge on any atom is -0.336 e. The maximum Gasteiger partial charge on any atom is 0.471 e. The molecule has 1 unspecified atom stereocenters. The first kappa shape index (κ1) is 28.3. The van der Waals surface area contributed by atoms with Gasteiger partial charge < -0.3 is 15.5 Å². The van der Waals surface area contributed by atoms with Gasteiger partial charge in [-0.1, -0.05) is 33.4 Å². The molecule has 0 bridgehead atoms. The van der Waals surface area contributed by atoms with E-state index in [1.807, 2.05) is 6.07 Å². The number of carbonyl (C=O) groups is 3. The van der Waals surface area contributed by atoms with Gasteiger partial charge in [-0.15, -0.1) is 6.58 Å². The van der Waals surface area contributed by atoms with Crippen LogP contribution >= 0.6 is 0 Å². The average molecular weight is 529 g/mol. The normalized spacial score (nSPS) is 19.4. The van der Waals surface area contributed by atoms with Gasteiger partial charge in [-0.05, 0) is 17.1 Å². The monoisotopic (exact) mass is 528 g/mol. The average Bonchev–Trinajstić information content (AvgIpc) is 3.19. The molecule has 9 nitrogen and oxygen atoms in total. The van der Waals surface area contributed by atoms with E-state index in [1.165, 1.54) is 39.2 Å². The standard InChI is InChI=1S/C26H27F3N6O3/c1-6-16-14(2)13-35(23(37)21(25(3,4)5)34-24(38)26(27,28)29)20(16)22(36)33-19(9-30)18-12-32-10-15-7-8-31-11-17(15)18/h6-8,10-12,16,19-21H,1-2,13H2,3-5H3,(H,33,36)(H,34,38)/t16-,19?,20-,21+/m0/s1. The Hall–Kier alpha value is -4.27. The Kier molecular flexibility index (Phi) is 7.90. The van der Waals surface area contributed by atoms with Crippen molar-refractivity contribution in [3.8, 4) is 6.07 Å². The van der Waals surface area contributed by atoms with E-state index in [0.717, 1.165) is 4.90 Å². The number of amides is 3. The molecule has 3 rings (SSSR count). The molecule has 1 aliphatic heterocycles. The largest absolute Gasteiger partial charge is 0.471 e. The van der Waals surface area contributed by atoms with E-state index in [4.69, 9.17) is 0 Å². The fourth-order valence-corrected chi connectivity index (χ4v) is 4.35. The fourth-order valence-electron chi connectivity index (χ4n) is 4.35. The summed E-state index contributed by atoms with van der Waals surface area (Å²) in [7, 11) is 0. The third kappa shape index (κ3) is 5.66. The molecule has 200 valence electrons. The highest BCUT2D eigenvalue weighted by molar-refractivity contribution is 5.95. The smallest absolute Gasteiger partial charge is 0.336 e. The Morgan fingerprint density at radius 3 is 2.45 bits per heavy atom. The summed E-state index contributed by atoms with van der Waals surface area (Å²) in [6.07, 6.45) is 2.28. The maximum absolute atomic E-state index is 13.6. The number of likely N-dealkylation sites (tertiary alicyclic amines) is 1. The van der Waals surface area contributed by atoms with Gasteiger partial charge in [-0.25, -0.2) is 0 Å². The summed E-state index contributed by atoms with van der Waals surface area (Å²) in [5.74, 6) is -4.66. The molecular weight excluding hydrogens is 501 g/mol. The van der Waals surface area contributed by atoms with Crippen LogP contribution in [0.1, 0.15) is 32.4 Å². The highest BCUT2D eigenvalue weighted by Gasteiger charge is 2.49. The summed E-state index contributed by atoms with van der Waals surface area (Å²) in [4.78, 5) is 48.1. The molecule has 1 saturated heterocycles. The molecule has 0 radical (unpaired) electrons. The SMILES string of the molecule is C=C[C@H]1C(=C)CN(C(=O)[C@@H](NC(=O)C(F)(F)F)C(C)(C)C)[C@@H]1C(=O)NC(C#N)c1cncc2ccncc12. The van der Waals surface area contributed by atoms with Crippen molar-refractivity contribution in [2.24, 2.45) is 11.3 Å². The van der Waals surface area contributed by atoms with Crippen molar-refractivity contribution < 1.29 is 27.6 Å². The molecule has 38 heavy (non-hydrogen) atoms. The quantitative estimate of drug-likeness (QED) is 0.555. The minimum atomic E-state index is -5.21. The van der Waals surface area contributed by atoms with Crippen LogP contribution in [0.2, 0.25) is 0 Å². The number of pyridine rings is 2. The summed E-state index contributed by atoms with van der Waals surface area (Å²) in [6, 6.07) is -0.350. The summed E-state index contributed by atoms with van der Waals surface area (Å²) in [5, 5.41) is 15.5. The lowest BCUT2D eigenvalue weighted by molar-refractivity contribution is -0.176. The lowest BCUT2D eigenvalue weighted by Crippen LogP contribution is -2.60. The molecule has 0 spiro atoms. The first-order valence-electron chi connectivity index (χ1n) is 11.6. The van der Waals surface area contributed by atoms with Crippen molar-refractivity contribution in [3.63, 3.8) is 0 Å². The Bertz CT molecular complexity index is 1320. The molecular formula is C26H27F3N6O3. The molecule has 2 N–H and O–H groups in total. The van der Waals surface area contributed by atoms with E-state index in [0.29, 0.717) is 21.9 Å². The number of nitriles is 1. The number of carbonyl (C=O) groups excluding carboxylic acids is 3. The second-order valence-corrected chi connectivity index (χ2v) is 10.00. The minimum absolute atomic E-state index is 0.154. The summed E-state index contributed by atoms with van der Waals surface area (Å²) in [6.45, 7) is 11.9. The van der Waals surface area contributed by atoms with Crippen LogP contribution in [0.25, 0.3) is 10.8 Å². The van der Waals surface area contributed by atoms with Crippen LogP contribution < -0.4 is 10.6 Å². The highest BCUT2D eigenvalue weighted by atomic mass is 19.4. The number of halogens is 3. The van der Waals surface area contributed by atoms with Crippen LogP contribution in [0, 0.1) is 22.7 Å². The Labute approximate surface area is 217 Å². The van der Waals surface area contributed by atoms with Gasteiger partial charge >= 0.3 is 12.1 Å². The van der Waals surface area contributed by atoms with E-state index < -0.39 is 53.4 Å². The number of rotatable bonds is 6. The topological polar surface area (TPSA) is 128 Å². The van der Waals surface area contributed by atoms with Crippen molar-refractivity contribution in [3.05, 3.63) is 61.2 Å². The molecule has 0 aliphatic carbocycles. The Morgan fingerprint density at radius 2 is 1.87 bits per heavy atom. The van der Waals surface area contributed by atoms with Crippen molar-refractivity contribution >= 4 is 28.5 Å². The first-order valence-corrected chi connectivity index (χ1v) is 11.6. The van der Waals surface area contributed by atoms with Crippen LogP contribution in [0.5, 0.6) is 0 Å². The molecule has 1 aliphatic rings. The lowest BCUT2D eigenvalue weighted by atomic mass is 9.85. The number of fused-ring (bicyclic) bond motifs is 1. The van der Waals surface area contributed by atoms with Crippen molar-refractivity contribution in [1.29, 1.82) is 5.26 Å². The highest BCUT2D eigenvalue weighted by Crippen LogP contribution is 2.33. The van der Waals surface area contributed by atoms with Crippen LogP contribution in [-0.2, 0) is 14.4 Å². The van der Waals surface area contributed by atoms with Gasteiger partial charge in [0, 0.05) is 53.6 Å². The predicted octanol–water partition coefficient (Wildman–Crippen LogP) is 2.97. The second kappa shape index (κ2) is 10.6. The summed E-state index contributed by atoms with van der Waals surface area (Å²) in [5.41, 5.74) is -0.335. The van der Waals surface area contributed by atoms with Gasteiger partial charge in [-0.2, -0.15) is 18.4 Å². The zero-order valence-electron chi connectivity index (χ0n) is 21.0. The predicted molar refractivity (Wildman–Crippen MR) is 132 cm³/mol. The number of alkyl halides is 3. The van der Waals surface area contributed by atoms with Crippen LogP contribution in [0.4, 0.5) is 13.2 Å². The lowest BCUT2D eigenvalue weighted by Gasteiger charge is -2.36. The molecule has 12 heteroatoms. The van der Waals surface area contributed by atoms with Crippen LogP contribution in [0.15, 0.2) is 55.7 Å². The van der Waals surface area contributed by atoms with E-state index in [1.54, 1.807) is 23.8 Å². The maximum atomic E-state index is 13.6. The van der Waals surface area contributed by atoms with E-state index in [2.05, 4.69) is 28.4 Å². The molecule has 1 fully saturated rings. The molecule has 4 atom stereocenters.